The number of carboxylic acid groups (broad SMARTS) is 1. The number of ether oxygens (including phenoxy) is 1. The van der Waals surface area contributed by atoms with Gasteiger partial charge in [-0.15, -0.1) is 0 Å². The fourth-order valence-electron chi connectivity index (χ4n) is 1.05. The number of carboxylic acids is 1. The first kappa shape index (κ1) is 13.3. The lowest BCUT2D eigenvalue weighted by atomic mass is 10.2. The van der Waals surface area contributed by atoms with Crippen LogP contribution in [0.4, 0.5) is 5.69 Å². The highest BCUT2D eigenvalue weighted by atomic mass is 32.2. The summed E-state index contributed by atoms with van der Waals surface area (Å²) >= 11 is 1.10. The molecule has 1 aromatic heterocycles. The normalized spacial score (nSPS) is 9.94. The van der Waals surface area contributed by atoms with Crippen molar-refractivity contribution in [3.8, 4) is 0 Å². The van der Waals surface area contributed by atoms with Gasteiger partial charge in [-0.25, -0.2) is 9.78 Å². The van der Waals surface area contributed by atoms with Gasteiger partial charge in [-0.2, -0.15) is 0 Å². The minimum Gasteiger partial charge on any atom is -0.478 e. The summed E-state index contributed by atoms with van der Waals surface area (Å²) in [6.45, 7) is 2.03. The van der Waals surface area contributed by atoms with Gasteiger partial charge in [0.1, 0.15) is 0 Å². The molecule has 0 aromatic carbocycles. The van der Waals surface area contributed by atoms with Crippen molar-refractivity contribution < 1.29 is 19.4 Å². The number of nitrogens with zero attached hydrogens (tertiary/aromatic N) is 1. The van der Waals surface area contributed by atoms with Crippen molar-refractivity contribution in [2.45, 2.75) is 11.9 Å². The van der Waals surface area contributed by atoms with E-state index >= 15 is 0 Å². The minimum atomic E-state index is -1.12. The van der Waals surface area contributed by atoms with Crippen LogP contribution in [0.1, 0.15) is 17.3 Å². The largest absolute Gasteiger partial charge is 0.478 e. The number of thioether (sulfide) groups is 1. The molecule has 0 spiro atoms. The summed E-state index contributed by atoms with van der Waals surface area (Å²) in [7, 11) is 0. The van der Waals surface area contributed by atoms with Crippen LogP contribution >= 0.6 is 11.8 Å². The van der Waals surface area contributed by atoms with Crippen LogP contribution < -0.4 is 5.73 Å². The third kappa shape index (κ3) is 3.95. The smallest absolute Gasteiger partial charge is 0.337 e. The Hall–Kier alpha value is -1.76. The molecule has 92 valence electrons. The summed E-state index contributed by atoms with van der Waals surface area (Å²) in [5.41, 5.74) is 5.52. The van der Waals surface area contributed by atoms with Crippen LogP contribution in [0, 0.1) is 0 Å². The summed E-state index contributed by atoms with van der Waals surface area (Å²) in [5.74, 6) is -1.40. The van der Waals surface area contributed by atoms with Gasteiger partial charge in [0.2, 0.25) is 0 Å². The van der Waals surface area contributed by atoms with E-state index in [4.69, 9.17) is 15.6 Å². The highest BCUT2D eigenvalue weighted by molar-refractivity contribution is 7.99. The average molecular weight is 256 g/mol. The molecule has 6 nitrogen and oxygen atoms in total. The number of anilines is 1. The molecule has 1 aromatic rings. The maximum Gasteiger partial charge on any atom is 0.337 e. The van der Waals surface area contributed by atoms with E-state index in [-0.39, 0.29) is 23.0 Å². The lowest BCUT2D eigenvalue weighted by molar-refractivity contribution is -0.139. The number of pyridine rings is 1. The molecule has 0 saturated heterocycles. The molecule has 0 aliphatic heterocycles. The van der Waals surface area contributed by atoms with Crippen LogP contribution in [0.3, 0.4) is 0 Å². The second-order valence-corrected chi connectivity index (χ2v) is 4.00. The molecule has 0 atom stereocenters. The van der Waals surface area contributed by atoms with Gasteiger partial charge in [0.15, 0.2) is 0 Å². The number of nitrogens with two attached hydrogens (primary N) is 1. The SMILES string of the molecule is CCOC(=O)CSc1cc(C(=O)O)c(N)cn1. The second kappa shape index (κ2) is 6.09. The van der Waals surface area contributed by atoms with E-state index in [1.807, 2.05) is 0 Å². The van der Waals surface area contributed by atoms with Gasteiger partial charge >= 0.3 is 11.9 Å². The Labute approximate surface area is 102 Å². The van der Waals surface area contributed by atoms with E-state index in [1.165, 1.54) is 12.3 Å². The molecule has 3 N–H and O–H groups in total. The molecule has 0 unspecified atom stereocenters. The summed E-state index contributed by atoms with van der Waals surface area (Å²) < 4.78 is 4.74. The first-order valence-corrected chi connectivity index (χ1v) is 5.80. The van der Waals surface area contributed by atoms with Gasteiger partial charge in [-0.3, -0.25) is 4.79 Å². The van der Waals surface area contributed by atoms with Crippen LogP contribution in [0.25, 0.3) is 0 Å². The van der Waals surface area contributed by atoms with Crippen molar-refractivity contribution in [2.75, 3.05) is 18.1 Å². The molecule has 0 fully saturated rings. The van der Waals surface area contributed by atoms with Gasteiger partial charge in [-0.1, -0.05) is 11.8 Å². The topological polar surface area (TPSA) is 103 Å². The Bertz CT molecular complexity index is 436. The van der Waals surface area contributed by atoms with E-state index in [0.29, 0.717) is 11.6 Å². The molecule has 0 saturated carbocycles. The maximum absolute atomic E-state index is 11.1. The summed E-state index contributed by atoms with van der Waals surface area (Å²) in [6.07, 6.45) is 1.26. The van der Waals surface area contributed by atoms with Gasteiger partial charge in [-0.05, 0) is 13.0 Å². The third-order valence-electron chi connectivity index (χ3n) is 1.78. The molecule has 0 aliphatic carbocycles. The lowest BCUT2D eigenvalue weighted by Gasteiger charge is -2.04. The van der Waals surface area contributed by atoms with Gasteiger partial charge in [0.05, 0.1) is 34.8 Å². The highest BCUT2D eigenvalue weighted by Gasteiger charge is 2.11. The Kier molecular flexibility index (Phi) is 4.77. The van der Waals surface area contributed by atoms with E-state index in [9.17, 15) is 9.59 Å². The molecule has 17 heavy (non-hydrogen) atoms. The Morgan fingerprint density at radius 1 is 1.59 bits per heavy atom. The predicted molar refractivity (Wildman–Crippen MR) is 63.0 cm³/mol. The zero-order chi connectivity index (χ0) is 12.8. The summed E-state index contributed by atoms with van der Waals surface area (Å²) in [4.78, 5) is 25.8. The highest BCUT2D eigenvalue weighted by Crippen LogP contribution is 2.20. The Balaban J connectivity index is 2.69. The van der Waals surface area contributed by atoms with E-state index in [1.54, 1.807) is 6.92 Å². The predicted octanol–water partition coefficient (Wildman–Crippen LogP) is 1.02. The second-order valence-electron chi connectivity index (χ2n) is 3.01. The van der Waals surface area contributed by atoms with Gasteiger partial charge < -0.3 is 15.6 Å². The number of aromatic carboxylic acids is 1. The standard InChI is InChI=1S/C10H12N2O4S/c1-2-16-9(13)5-17-8-3-6(10(14)15)7(11)4-12-8/h3-4H,2,5,11H2,1H3,(H,14,15). The molecule has 0 bridgehead atoms. The summed E-state index contributed by atoms with van der Waals surface area (Å²) in [6, 6.07) is 1.33. The van der Waals surface area contributed by atoms with Crippen LogP contribution in [-0.2, 0) is 9.53 Å². The van der Waals surface area contributed by atoms with Crippen LogP contribution in [0.2, 0.25) is 0 Å². The number of carbonyl (C=O) groups is 2. The number of carbonyl (C=O) groups excluding carboxylic acids is 1. The zero-order valence-electron chi connectivity index (χ0n) is 9.17. The van der Waals surface area contributed by atoms with Crippen molar-refractivity contribution >= 4 is 29.4 Å². The first-order chi connectivity index (χ1) is 8.04. The molecule has 0 amide bonds. The number of rotatable bonds is 5. The molecule has 0 aliphatic rings. The van der Waals surface area contributed by atoms with Crippen LogP contribution in [0.5, 0.6) is 0 Å². The minimum absolute atomic E-state index is 0.0219. The summed E-state index contributed by atoms with van der Waals surface area (Å²) in [5, 5.41) is 9.26. The lowest BCUT2D eigenvalue weighted by Crippen LogP contribution is -2.07. The Morgan fingerprint density at radius 3 is 2.88 bits per heavy atom. The number of esters is 1. The van der Waals surface area contributed by atoms with Crippen molar-refractivity contribution in [2.24, 2.45) is 0 Å². The fraction of sp³-hybridized carbons (Fsp3) is 0.300. The van der Waals surface area contributed by atoms with Crippen molar-refractivity contribution in [3.63, 3.8) is 0 Å². The van der Waals surface area contributed by atoms with Gasteiger partial charge in [0, 0.05) is 0 Å². The molecular weight excluding hydrogens is 244 g/mol. The quantitative estimate of drug-likeness (QED) is 0.598. The van der Waals surface area contributed by atoms with Crippen LogP contribution in [0.15, 0.2) is 17.3 Å². The molecule has 1 rings (SSSR count). The number of hydrogen-bond donors (Lipinski definition) is 2. The molecular formula is C10H12N2O4S. The maximum atomic E-state index is 11.1. The van der Waals surface area contributed by atoms with Crippen molar-refractivity contribution in [3.05, 3.63) is 17.8 Å². The Morgan fingerprint density at radius 2 is 2.29 bits per heavy atom. The molecule has 1 heterocycles. The van der Waals surface area contributed by atoms with Crippen molar-refractivity contribution in [1.29, 1.82) is 0 Å². The zero-order valence-corrected chi connectivity index (χ0v) is 9.99. The monoisotopic (exact) mass is 256 g/mol. The number of nitrogen functional groups attached to an aromatic ring is 1. The first-order valence-electron chi connectivity index (χ1n) is 4.81. The van der Waals surface area contributed by atoms with Crippen molar-refractivity contribution in [1.82, 2.24) is 4.98 Å². The van der Waals surface area contributed by atoms with E-state index in [2.05, 4.69) is 4.98 Å². The molecule has 0 radical (unpaired) electrons. The number of hydrogen-bond acceptors (Lipinski definition) is 6. The third-order valence-corrected chi connectivity index (χ3v) is 2.68. The number of aromatic nitrogens is 1. The van der Waals surface area contributed by atoms with E-state index in [0.717, 1.165) is 11.8 Å². The van der Waals surface area contributed by atoms with E-state index < -0.39 is 5.97 Å². The van der Waals surface area contributed by atoms with Gasteiger partial charge in [0.25, 0.3) is 0 Å². The molecule has 7 heteroatoms. The van der Waals surface area contributed by atoms with Crippen LogP contribution in [-0.4, -0.2) is 34.4 Å². The fourth-order valence-corrected chi connectivity index (χ4v) is 1.72. The average Bonchev–Trinajstić information content (AvgIpc) is 2.28.